The summed E-state index contributed by atoms with van der Waals surface area (Å²) >= 11 is 0. The average molecular weight is 364 g/mol. The highest BCUT2D eigenvalue weighted by Crippen LogP contribution is 2.27. The Balaban J connectivity index is 1.66. The van der Waals surface area contributed by atoms with Crippen LogP contribution in [0, 0.1) is 5.92 Å². The Kier molecular flexibility index (Phi) is 5.00. The second-order valence-electron chi connectivity index (χ2n) is 6.91. The Morgan fingerprint density at radius 1 is 1.30 bits per heavy atom. The van der Waals surface area contributed by atoms with Crippen molar-refractivity contribution in [2.24, 2.45) is 5.92 Å². The van der Waals surface area contributed by atoms with Crippen LogP contribution in [0.25, 0.3) is 17.0 Å². The van der Waals surface area contributed by atoms with Crippen LogP contribution in [0.3, 0.4) is 0 Å². The molecule has 0 saturated carbocycles. The molecule has 3 aromatic rings. The third-order valence-corrected chi connectivity index (χ3v) is 4.97. The zero-order chi connectivity index (χ0) is 18.6. The summed E-state index contributed by atoms with van der Waals surface area (Å²) in [6.07, 6.45) is 4.37. The minimum absolute atomic E-state index is 0.00258. The standard InChI is InChI=1S/C20H24N6O/c1-2-10-21-19(27)16-9-6-11-25(13-16)18-12-17(15-7-4-3-5-8-15)24-20-22-14-23-26(18)20/h3-5,7-8,12,14,16H,2,6,9-11,13H2,1H3,(H,21,27). The first-order valence-corrected chi connectivity index (χ1v) is 9.55. The number of carbonyl (C=O) groups excluding carboxylic acids is 1. The first-order valence-electron chi connectivity index (χ1n) is 9.55. The Bertz CT molecular complexity index is 923. The largest absolute Gasteiger partial charge is 0.356 e. The summed E-state index contributed by atoms with van der Waals surface area (Å²) in [5, 5.41) is 7.38. The number of amides is 1. The monoisotopic (exact) mass is 364 g/mol. The van der Waals surface area contributed by atoms with Crippen LogP contribution < -0.4 is 10.2 Å². The molecule has 1 N–H and O–H groups in total. The number of benzene rings is 1. The molecule has 1 aromatic carbocycles. The van der Waals surface area contributed by atoms with Gasteiger partial charge in [0.15, 0.2) is 0 Å². The van der Waals surface area contributed by atoms with Crippen molar-refractivity contribution in [2.75, 3.05) is 24.5 Å². The van der Waals surface area contributed by atoms with E-state index in [1.54, 1.807) is 4.52 Å². The summed E-state index contributed by atoms with van der Waals surface area (Å²) in [5.41, 5.74) is 1.90. The fourth-order valence-electron chi connectivity index (χ4n) is 3.57. The van der Waals surface area contributed by atoms with Crippen molar-refractivity contribution < 1.29 is 4.79 Å². The van der Waals surface area contributed by atoms with Crippen LogP contribution in [-0.4, -0.2) is 45.1 Å². The smallest absolute Gasteiger partial charge is 0.254 e. The van der Waals surface area contributed by atoms with Gasteiger partial charge in [-0.05, 0) is 19.3 Å². The zero-order valence-corrected chi connectivity index (χ0v) is 15.5. The van der Waals surface area contributed by atoms with Crippen molar-refractivity contribution >= 4 is 17.5 Å². The van der Waals surface area contributed by atoms with Crippen molar-refractivity contribution in [3.8, 4) is 11.3 Å². The van der Waals surface area contributed by atoms with Crippen LogP contribution in [0.2, 0.25) is 0 Å². The molecule has 1 aliphatic heterocycles. The van der Waals surface area contributed by atoms with E-state index < -0.39 is 0 Å². The molecule has 1 aliphatic rings. The molecule has 0 radical (unpaired) electrons. The van der Waals surface area contributed by atoms with Crippen molar-refractivity contribution in [2.45, 2.75) is 26.2 Å². The second-order valence-corrected chi connectivity index (χ2v) is 6.91. The lowest BCUT2D eigenvalue weighted by Crippen LogP contribution is -2.44. The molecule has 27 heavy (non-hydrogen) atoms. The van der Waals surface area contributed by atoms with Crippen molar-refractivity contribution in [1.82, 2.24) is 24.9 Å². The first-order chi connectivity index (χ1) is 13.3. The highest BCUT2D eigenvalue weighted by Gasteiger charge is 2.27. The van der Waals surface area contributed by atoms with Gasteiger partial charge in [0.05, 0.1) is 11.6 Å². The molecule has 1 atom stereocenters. The van der Waals surface area contributed by atoms with Gasteiger partial charge in [-0.2, -0.15) is 14.6 Å². The Morgan fingerprint density at radius 2 is 2.15 bits per heavy atom. The number of hydrogen-bond acceptors (Lipinski definition) is 5. The third kappa shape index (κ3) is 3.63. The van der Waals surface area contributed by atoms with Crippen LogP contribution in [-0.2, 0) is 4.79 Å². The maximum Gasteiger partial charge on any atom is 0.254 e. The van der Waals surface area contributed by atoms with E-state index in [1.807, 2.05) is 36.4 Å². The minimum Gasteiger partial charge on any atom is -0.356 e. The summed E-state index contributed by atoms with van der Waals surface area (Å²) in [7, 11) is 0. The van der Waals surface area contributed by atoms with Gasteiger partial charge in [-0.15, -0.1) is 0 Å². The molecule has 7 heteroatoms. The molecular formula is C20H24N6O. The minimum atomic E-state index is -0.00258. The quantitative estimate of drug-likeness (QED) is 0.753. The number of fused-ring (bicyclic) bond motifs is 1. The highest BCUT2D eigenvalue weighted by molar-refractivity contribution is 5.79. The van der Waals surface area contributed by atoms with Crippen molar-refractivity contribution in [1.29, 1.82) is 0 Å². The Labute approximate surface area is 158 Å². The summed E-state index contributed by atoms with van der Waals surface area (Å²) in [6, 6.07) is 12.1. The van der Waals surface area contributed by atoms with Gasteiger partial charge in [0, 0.05) is 31.3 Å². The van der Waals surface area contributed by atoms with Crippen molar-refractivity contribution in [3.05, 3.63) is 42.7 Å². The van der Waals surface area contributed by atoms with E-state index in [2.05, 4.69) is 32.2 Å². The molecule has 4 rings (SSSR count). The van der Waals surface area contributed by atoms with Crippen LogP contribution >= 0.6 is 0 Å². The van der Waals surface area contributed by atoms with Crippen LogP contribution in [0.4, 0.5) is 5.82 Å². The molecule has 1 saturated heterocycles. The SMILES string of the molecule is CCCNC(=O)C1CCCN(c2cc(-c3ccccc3)nc3ncnn23)C1. The fraction of sp³-hybridized carbons (Fsp3) is 0.400. The van der Waals surface area contributed by atoms with Crippen molar-refractivity contribution in [3.63, 3.8) is 0 Å². The molecule has 3 heterocycles. The van der Waals surface area contributed by atoms with E-state index in [0.29, 0.717) is 12.3 Å². The van der Waals surface area contributed by atoms with Gasteiger partial charge in [-0.25, -0.2) is 4.98 Å². The predicted molar refractivity (Wildman–Crippen MR) is 104 cm³/mol. The number of rotatable bonds is 5. The second kappa shape index (κ2) is 7.73. The average Bonchev–Trinajstić information content (AvgIpc) is 3.20. The molecule has 7 nitrogen and oxygen atoms in total. The number of aromatic nitrogens is 4. The zero-order valence-electron chi connectivity index (χ0n) is 15.5. The topological polar surface area (TPSA) is 75.4 Å². The Morgan fingerprint density at radius 3 is 2.96 bits per heavy atom. The lowest BCUT2D eigenvalue weighted by Gasteiger charge is -2.33. The molecule has 0 bridgehead atoms. The summed E-state index contributed by atoms with van der Waals surface area (Å²) in [5.74, 6) is 1.65. The van der Waals surface area contributed by atoms with Gasteiger partial charge in [0.1, 0.15) is 12.1 Å². The predicted octanol–water partition coefficient (Wildman–Crippen LogP) is 2.53. The van der Waals surface area contributed by atoms with Crippen LogP contribution in [0.5, 0.6) is 0 Å². The van der Waals surface area contributed by atoms with Gasteiger partial charge in [-0.3, -0.25) is 4.79 Å². The van der Waals surface area contributed by atoms with Crippen LogP contribution in [0.1, 0.15) is 26.2 Å². The molecule has 1 unspecified atom stereocenters. The lowest BCUT2D eigenvalue weighted by molar-refractivity contribution is -0.125. The van der Waals surface area contributed by atoms with E-state index in [1.165, 1.54) is 6.33 Å². The fourth-order valence-corrected chi connectivity index (χ4v) is 3.57. The lowest BCUT2D eigenvalue weighted by atomic mass is 9.97. The maximum absolute atomic E-state index is 12.5. The summed E-state index contributed by atoms with van der Waals surface area (Å²) in [4.78, 5) is 23.6. The van der Waals surface area contributed by atoms with Gasteiger partial charge in [0.2, 0.25) is 5.91 Å². The number of piperidine rings is 1. The summed E-state index contributed by atoms with van der Waals surface area (Å²) in [6.45, 7) is 4.38. The number of anilines is 1. The normalized spacial score (nSPS) is 17.2. The number of nitrogens with zero attached hydrogens (tertiary/aromatic N) is 5. The van der Waals surface area contributed by atoms with E-state index >= 15 is 0 Å². The van der Waals surface area contributed by atoms with E-state index in [0.717, 1.165) is 49.4 Å². The first kappa shape index (κ1) is 17.5. The van der Waals surface area contributed by atoms with E-state index in [4.69, 9.17) is 0 Å². The maximum atomic E-state index is 12.5. The van der Waals surface area contributed by atoms with Gasteiger partial charge >= 0.3 is 0 Å². The van der Waals surface area contributed by atoms with E-state index in [9.17, 15) is 4.79 Å². The van der Waals surface area contributed by atoms with Crippen LogP contribution in [0.15, 0.2) is 42.7 Å². The molecule has 1 amide bonds. The molecule has 1 fully saturated rings. The van der Waals surface area contributed by atoms with E-state index in [-0.39, 0.29) is 11.8 Å². The van der Waals surface area contributed by atoms with Gasteiger partial charge < -0.3 is 10.2 Å². The third-order valence-electron chi connectivity index (χ3n) is 4.97. The number of nitrogens with one attached hydrogen (secondary N) is 1. The molecule has 2 aromatic heterocycles. The summed E-state index contributed by atoms with van der Waals surface area (Å²) < 4.78 is 1.76. The van der Waals surface area contributed by atoms with Gasteiger partial charge in [-0.1, -0.05) is 37.3 Å². The highest BCUT2D eigenvalue weighted by atomic mass is 16.1. The van der Waals surface area contributed by atoms with Gasteiger partial charge in [0.25, 0.3) is 5.78 Å². The number of hydrogen-bond donors (Lipinski definition) is 1. The molecule has 0 spiro atoms. The molecule has 0 aliphatic carbocycles. The molecular weight excluding hydrogens is 340 g/mol. The Hall–Kier alpha value is -2.96. The number of carbonyl (C=O) groups is 1. The molecule has 140 valence electrons.